The van der Waals surface area contributed by atoms with Crippen LogP contribution in [0.2, 0.25) is 0 Å². The van der Waals surface area contributed by atoms with Gasteiger partial charge in [0.05, 0.1) is 0 Å². The average molecular weight is 367 g/mol. The first-order valence-electron chi connectivity index (χ1n) is 10.7. The molecule has 1 aromatic carbocycles. The lowest BCUT2D eigenvalue weighted by Gasteiger charge is -2.44. The van der Waals surface area contributed by atoms with Gasteiger partial charge in [-0.1, -0.05) is 48.1 Å². The van der Waals surface area contributed by atoms with Gasteiger partial charge < -0.3 is 5.11 Å². The molecule has 1 aromatic rings. The van der Waals surface area contributed by atoms with Crippen LogP contribution in [0.5, 0.6) is 0 Å². The fourth-order valence-electron chi connectivity index (χ4n) is 5.11. The van der Waals surface area contributed by atoms with Crippen molar-refractivity contribution in [3.8, 4) is 0 Å². The topological polar surface area (TPSA) is 37.3 Å². The second-order valence-corrected chi connectivity index (χ2v) is 8.57. The Morgan fingerprint density at radius 1 is 1.15 bits per heavy atom. The summed E-state index contributed by atoms with van der Waals surface area (Å²) in [5, 5.41) is 8.78. The Kier molecular flexibility index (Phi) is 6.93. The third-order valence-electron chi connectivity index (χ3n) is 6.58. The molecular formula is C25H34O2. The van der Waals surface area contributed by atoms with Crippen LogP contribution >= 0.6 is 0 Å². The number of fused-ring (bicyclic) bond motifs is 2. The van der Waals surface area contributed by atoms with Crippen LogP contribution in [0.15, 0.2) is 42.5 Å². The van der Waals surface area contributed by atoms with Gasteiger partial charge in [0.25, 0.3) is 0 Å². The van der Waals surface area contributed by atoms with Gasteiger partial charge >= 0.3 is 5.97 Å². The molecule has 0 radical (unpaired) electrons. The lowest BCUT2D eigenvalue weighted by atomic mass is 9.61. The Morgan fingerprint density at radius 3 is 2.63 bits per heavy atom. The summed E-state index contributed by atoms with van der Waals surface area (Å²) < 4.78 is 0. The van der Waals surface area contributed by atoms with E-state index in [9.17, 15) is 4.79 Å². The maximum absolute atomic E-state index is 10.7. The molecule has 3 aliphatic rings. The summed E-state index contributed by atoms with van der Waals surface area (Å²) in [7, 11) is 0. The number of unbranched alkanes of at least 4 members (excludes halogenated alkanes) is 1. The number of hydrogen-bond donors (Lipinski definition) is 1. The predicted molar refractivity (Wildman–Crippen MR) is 112 cm³/mol. The molecule has 0 amide bonds. The van der Waals surface area contributed by atoms with Crippen molar-refractivity contribution in [1.82, 2.24) is 0 Å². The minimum absolute atomic E-state index is 0.278. The molecule has 4 rings (SSSR count). The standard InChI is InChI=1S/C25H34O2/c1-18-11-12-20(19(2)17-18)7-6-9-24-22-15-13-21(14-16-22)23(24)8-4-3-5-10-25(26)27/h4,8,11-13,15,17,21-24H,3,5-7,9-10,14,16H2,1-2H3,(H,26,27)/b8-4-/t21-,22+,23+,24+/m1/s1. The van der Waals surface area contributed by atoms with Crippen LogP contribution in [-0.4, -0.2) is 11.1 Å². The largest absolute Gasteiger partial charge is 0.481 e. The molecule has 4 atom stereocenters. The van der Waals surface area contributed by atoms with E-state index in [0.717, 1.165) is 24.7 Å². The summed E-state index contributed by atoms with van der Waals surface area (Å²) in [4.78, 5) is 10.7. The first-order valence-corrected chi connectivity index (χ1v) is 10.7. The van der Waals surface area contributed by atoms with Gasteiger partial charge in [-0.05, 0) is 93.6 Å². The van der Waals surface area contributed by atoms with E-state index in [-0.39, 0.29) is 6.42 Å². The molecule has 0 unspecified atom stereocenters. The fourth-order valence-corrected chi connectivity index (χ4v) is 5.11. The molecule has 3 aliphatic carbocycles. The van der Waals surface area contributed by atoms with Crippen molar-refractivity contribution in [2.75, 3.05) is 0 Å². The quantitative estimate of drug-likeness (QED) is 0.413. The van der Waals surface area contributed by atoms with E-state index >= 15 is 0 Å². The SMILES string of the molecule is Cc1ccc(CCC[C@@H]2[C@@H](/C=C\CCCC(=O)O)[C@@H]3C=C[C@H]2CC3)c(C)c1. The summed E-state index contributed by atoms with van der Waals surface area (Å²) >= 11 is 0. The Morgan fingerprint density at radius 2 is 1.93 bits per heavy atom. The second kappa shape index (κ2) is 9.39. The van der Waals surface area contributed by atoms with Gasteiger partial charge in [-0.3, -0.25) is 4.79 Å². The van der Waals surface area contributed by atoms with Crippen LogP contribution in [0.25, 0.3) is 0 Å². The van der Waals surface area contributed by atoms with E-state index in [1.165, 1.54) is 48.8 Å². The summed E-state index contributed by atoms with van der Waals surface area (Å²) in [6.07, 6.45) is 17.9. The third kappa shape index (κ3) is 5.34. The zero-order valence-corrected chi connectivity index (χ0v) is 16.9. The normalized spacial score (nSPS) is 26.7. The Bertz CT molecular complexity index is 700. The molecule has 0 aromatic heterocycles. The summed E-state index contributed by atoms with van der Waals surface area (Å²) in [6.45, 7) is 4.39. The first-order chi connectivity index (χ1) is 13.0. The number of aliphatic carboxylic acids is 1. The van der Waals surface area contributed by atoms with Gasteiger partial charge in [-0.2, -0.15) is 0 Å². The maximum atomic E-state index is 10.7. The van der Waals surface area contributed by atoms with Crippen molar-refractivity contribution >= 4 is 5.97 Å². The Balaban J connectivity index is 1.55. The molecule has 0 aliphatic heterocycles. The zero-order chi connectivity index (χ0) is 19.2. The lowest BCUT2D eigenvalue weighted by Crippen LogP contribution is -2.35. The van der Waals surface area contributed by atoms with E-state index in [2.05, 4.69) is 56.4 Å². The molecule has 2 nitrogen and oxygen atoms in total. The summed E-state index contributed by atoms with van der Waals surface area (Å²) in [5.74, 6) is 2.15. The van der Waals surface area contributed by atoms with E-state index < -0.39 is 5.97 Å². The fraction of sp³-hybridized carbons (Fsp3) is 0.560. The highest BCUT2D eigenvalue weighted by Crippen LogP contribution is 2.47. The van der Waals surface area contributed by atoms with Crippen molar-refractivity contribution in [2.45, 2.75) is 65.2 Å². The molecule has 2 bridgehead atoms. The van der Waals surface area contributed by atoms with Crippen molar-refractivity contribution in [1.29, 1.82) is 0 Å². The van der Waals surface area contributed by atoms with Crippen LogP contribution in [0.1, 0.15) is 61.6 Å². The Labute approximate surface area is 164 Å². The van der Waals surface area contributed by atoms with Gasteiger partial charge in [0.15, 0.2) is 0 Å². The number of aryl methyl sites for hydroxylation is 3. The van der Waals surface area contributed by atoms with Gasteiger partial charge in [0.1, 0.15) is 0 Å². The molecule has 1 N–H and O–H groups in total. The molecule has 0 saturated heterocycles. The molecule has 0 spiro atoms. The molecule has 2 heteroatoms. The molecule has 146 valence electrons. The smallest absolute Gasteiger partial charge is 0.303 e. The summed E-state index contributed by atoms with van der Waals surface area (Å²) in [5.41, 5.74) is 4.27. The Hall–Kier alpha value is -1.83. The second-order valence-electron chi connectivity index (χ2n) is 8.57. The number of allylic oxidation sites excluding steroid dienone is 4. The molecule has 0 heterocycles. The highest BCUT2D eigenvalue weighted by atomic mass is 16.4. The number of rotatable bonds is 9. The monoisotopic (exact) mass is 366 g/mol. The minimum Gasteiger partial charge on any atom is -0.481 e. The third-order valence-corrected chi connectivity index (χ3v) is 6.58. The van der Waals surface area contributed by atoms with Crippen molar-refractivity contribution in [2.24, 2.45) is 23.7 Å². The molecule has 1 fully saturated rings. The number of carboxylic acids is 1. The van der Waals surface area contributed by atoms with Crippen molar-refractivity contribution < 1.29 is 9.90 Å². The number of carboxylic acid groups (broad SMARTS) is 1. The predicted octanol–water partition coefficient (Wildman–Crippen LogP) is 6.27. The van der Waals surface area contributed by atoms with Crippen LogP contribution in [0, 0.1) is 37.5 Å². The van der Waals surface area contributed by atoms with Gasteiger partial charge in [0.2, 0.25) is 0 Å². The highest BCUT2D eigenvalue weighted by molar-refractivity contribution is 5.66. The van der Waals surface area contributed by atoms with Crippen molar-refractivity contribution in [3.63, 3.8) is 0 Å². The molecular weight excluding hydrogens is 332 g/mol. The maximum Gasteiger partial charge on any atom is 0.303 e. The van der Waals surface area contributed by atoms with Crippen LogP contribution in [-0.2, 0) is 11.2 Å². The van der Waals surface area contributed by atoms with Crippen molar-refractivity contribution in [3.05, 3.63) is 59.2 Å². The summed E-state index contributed by atoms with van der Waals surface area (Å²) in [6, 6.07) is 6.83. The van der Waals surface area contributed by atoms with E-state index in [1.54, 1.807) is 0 Å². The highest BCUT2D eigenvalue weighted by Gasteiger charge is 2.38. The number of carbonyl (C=O) groups is 1. The number of hydrogen-bond acceptors (Lipinski definition) is 1. The van der Waals surface area contributed by atoms with Crippen LogP contribution in [0.3, 0.4) is 0 Å². The van der Waals surface area contributed by atoms with E-state index in [1.807, 2.05) is 0 Å². The van der Waals surface area contributed by atoms with Crippen LogP contribution < -0.4 is 0 Å². The van der Waals surface area contributed by atoms with E-state index in [4.69, 9.17) is 5.11 Å². The lowest BCUT2D eigenvalue weighted by molar-refractivity contribution is -0.137. The molecule has 27 heavy (non-hydrogen) atoms. The van der Waals surface area contributed by atoms with Crippen LogP contribution in [0.4, 0.5) is 0 Å². The van der Waals surface area contributed by atoms with Gasteiger partial charge in [-0.25, -0.2) is 0 Å². The van der Waals surface area contributed by atoms with E-state index in [0.29, 0.717) is 11.8 Å². The average Bonchev–Trinajstić information content (AvgIpc) is 2.64. The first kappa shape index (κ1) is 19.9. The molecule has 1 saturated carbocycles. The zero-order valence-electron chi connectivity index (χ0n) is 16.9. The number of benzene rings is 1. The minimum atomic E-state index is -0.688. The van der Waals surface area contributed by atoms with Gasteiger partial charge in [0, 0.05) is 6.42 Å². The van der Waals surface area contributed by atoms with Gasteiger partial charge in [-0.15, -0.1) is 0 Å².